The molecule has 0 bridgehead atoms. The highest BCUT2D eigenvalue weighted by atomic mass is 19.3. The van der Waals surface area contributed by atoms with Gasteiger partial charge in [-0.1, -0.05) is 72.8 Å². The Balaban J connectivity index is 1.47. The van der Waals surface area contributed by atoms with Crippen molar-refractivity contribution < 1.29 is 13.5 Å². The van der Waals surface area contributed by atoms with E-state index in [0.29, 0.717) is 30.9 Å². The van der Waals surface area contributed by atoms with Gasteiger partial charge in [-0.05, 0) is 35.7 Å². The molecule has 36 heavy (non-hydrogen) atoms. The Morgan fingerprint density at radius 2 is 1.53 bits per heavy atom. The van der Waals surface area contributed by atoms with Crippen molar-refractivity contribution in [3.8, 4) is 5.75 Å². The maximum atomic E-state index is 14.0. The number of benzene rings is 3. The zero-order chi connectivity index (χ0) is 25.1. The Labute approximate surface area is 208 Å². The standard InChI is InChI=1S/C29H27F2N3O2/c1-20-32-26-16-17-33(18-21-12-14-24(15-13-21)36-29(30)31)19-25(26)28(35)34(20)27(22-8-4-2-5-9-22)23-10-6-3-7-11-23/h2-15,27,29H,16-19H2,1H3. The highest BCUT2D eigenvalue weighted by molar-refractivity contribution is 5.35. The van der Waals surface area contributed by atoms with Crippen molar-refractivity contribution >= 4 is 0 Å². The van der Waals surface area contributed by atoms with Crippen LogP contribution in [0.1, 0.15) is 39.8 Å². The van der Waals surface area contributed by atoms with Gasteiger partial charge < -0.3 is 4.74 Å². The lowest BCUT2D eigenvalue weighted by Gasteiger charge is -2.30. The fraction of sp³-hybridized carbons (Fsp3) is 0.241. The number of ether oxygens (including phenoxy) is 1. The van der Waals surface area contributed by atoms with E-state index >= 15 is 0 Å². The lowest BCUT2D eigenvalue weighted by molar-refractivity contribution is -0.0498. The van der Waals surface area contributed by atoms with Gasteiger partial charge in [-0.3, -0.25) is 14.3 Å². The van der Waals surface area contributed by atoms with Crippen LogP contribution in [0.3, 0.4) is 0 Å². The summed E-state index contributed by atoms with van der Waals surface area (Å²) in [5.74, 6) is 0.827. The van der Waals surface area contributed by atoms with Crippen molar-refractivity contribution in [1.82, 2.24) is 14.5 Å². The number of fused-ring (bicyclic) bond motifs is 1. The van der Waals surface area contributed by atoms with Crippen molar-refractivity contribution in [1.29, 1.82) is 0 Å². The van der Waals surface area contributed by atoms with E-state index in [1.54, 1.807) is 24.3 Å². The Hall–Kier alpha value is -3.84. The van der Waals surface area contributed by atoms with Gasteiger partial charge in [0, 0.05) is 26.1 Å². The molecule has 184 valence electrons. The maximum Gasteiger partial charge on any atom is 0.387 e. The molecule has 0 atom stereocenters. The second-order valence-corrected chi connectivity index (χ2v) is 8.97. The molecule has 0 aliphatic carbocycles. The maximum absolute atomic E-state index is 14.0. The molecule has 1 aliphatic rings. The molecule has 5 rings (SSSR count). The number of aryl methyl sites for hydroxylation is 1. The van der Waals surface area contributed by atoms with Crippen LogP contribution in [0.2, 0.25) is 0 Å². The molecule has 0 radical (unpaired) electrons. The van der Waals surface area contributed by atoms with E-state index < -0.39 is 6.61 Å². The average molecular weight is 488 g/mol. The minimum absolute atomic E-state index is 0.0272. The van der Waals surface area contributed by atoms with Gasteiger partial charge in [-0.2, -0.15) is 8.78 Å². The van der Waals surface area contributed by atoms with Crippen LogP contribution in [0.4, 0.5) is 8.78 Å². The van der Waals surface area contributed by atoms with E-state index in [1.807, 2.05) is 72.2 Å². The summed E-state index contributed by atoms with van der Waals surface area (Å²) in [7, 11) is 0. The van der Waals surface area contributed by atoms with Crippen LogP contribution < -0.4 is 10.3 Å². The summed E-state index contributed by atoms with van der Waals surface area (Å²) in [6, 6.07) is 26.4. The minimum Gasteiger partial charge on any atom is -0.435 e. The molecule has 2 heterocycles. The minimum atomic E-state index is -2.84. The first kappa shape index (κ1) is 23.9. The average Bonchev–Trinajstić information content (AvgIpc) is 2.89. The fourth-order valence-corrected chi connectivity index (χ4v) is 4.90. The molecule has 0 spiro atoms. The molecule has 0 unspecified atom stereocenters. The molecule has 7 heteroatoms. The Morgan fingerprint density at radius 3 is 2.11 bits per heavy atom. The number of hydrogen-bond donors (Lipinski definition) is 0. The summed E-state index contributed by atoms with van der Waals surface area (Å²) in [5.41, 5.74) is 4.54. The predicted octanol–water partition coefficient (Wildman–Crippen LogP) is 5.35. The lowest BCUT2D eigenvalue weighted by atomic mass is 9.97. The third-order valence-electron chi connectivity index (χ3n) is 6.56. The van der Waals surface area contributed by atoms with Crippen molar-refractivity contribution in [3.05, 3.63) is 129 Å². The van der Waals surface area contributed by atoms with Crippen LogP contribution in [0.5, 0.6) is 5.75 Å². The summed E-state index contributed by atoms with van der Waals surface area (Å²) < 4.78 is 31.1. The van der Waals surface area contributed by atoms with Crippen molar-refractivity contribution in [2.75, 3.05) is 6.54 Å². The van der Waals surface area contributed by atoms with Crippen LogP contribution in [0, 0.1) is 6.92 Å². The Kier molecular flexibility index (Phi) is 6.91. The van der Waals surface area contributed by atoms with E-state index in [2.05, 4.69) is 9.64 Å². The van der Waals surface area contributed by atoms with E-state index in [0.717, 1.165) is 28.9 Å². The van der Waals surface area contributed by atoms with E-state index in [9.17, 15) is 13.6 Å². The monoisotopic (exact) mass is 487 g/mol. The molecule has 3 aromatic carbocycles. The predicted molar refractivity (Wildman–Crippen MR) is 134 cm³/mol. The molecule has 5 nitrogen and oxygen atoms in total. The van der Waals surface area contributed by atoms with E-state index in [4.69, 9.17) is 4.98 Å². The van der Waals surface area contributed by atoms with Gasteiger partial charge in [-0.25, -0.2) is 4.98 Å². The van der Waals surface area contributed by atoms with E-state index in [1.165, 1.54) is 0 Å². The zero-order valence-electron chi connectivity index (χ0n) is 20.0. The quantitative estimate of drug-likeness (QED) is 0.353. The van der Waals surface area contributed by atoms with Gasteiger partial charge in [0.15, 0.2) is 0 Å². The Morgan fingerprint density at radius 1 is 0.917 bits per heavy atom. The second-order valence-electron chi connectivity index (χ2n) is 8.97. The molecule has 0 fully saturated rings. The third kappa shape index (κ3) is 5.06. The molecule has 0 amide bonds. The summed E-state index contributed by atoms with van der Waals surface area (Å²) in [4.78, 5) is 21.0. The molecule has 0 saturated carbocycles. The first-order valence-electron chi connectivity index (χ1n) is 12.0. The third-order valence-corrected chi connectivity index (χ3v) is 6.56. The Bertz CT molecular complexity index is 1330. The number of alkyl halides is 2. The summed E-state index contributed by atoms with van der Waals surface area (Å²) >= 11 is 0. The summed E-state index contributed by atoms with van der Waals surface area (Å²) in [6.07, 6.45) is 0.681. The van der Waals surface area contributed by atoms with Crippen molar-refractivity contribution in [2.24, 2.45) is 0 Å². The highest BCUT2D eigenvalue weighted by Gasteiger charge is 2.27. The molecule has 0 N–H and O–H groups in total. The van der Waals surface area contributed by atoms with Gasteiger partial charge in [0.2, 0.25) is 0 Å². The topological polar surface area (TPSA) is 47.4 Å². The number of halogens is 2. The zero-order valence-corrected chi connectivity index (χ0v) is 20.0. The highest BCUT2D eigenvalue weighted by Crippen LogP contribution is 2.28. The van der Waals surface area contributed by atoms with Crippen molar-refractivity contribution in [3.63, 3.8) is 0 Å². The largest absolute Gasteiger partial charge is 0.435 e. The van der Waals surface area contributed by atoms with Crippen molar-refractivity contribution in [2.45, 2.75) is 39.1 Å². The van der Waals surface area contributed by atoms with Gasteiger partial charge in [0.05, 0.1) is 17.3 Å². The van der Waals surface area contributed by atoms with Crippen LogP contribution in [0.25, 0.3) is 0 Å². The molecule has 1 aliphatic heterocycles. The molecular weight excluding hydrogens is 460 g/mol. The second kappa shape index (κ2) is 10.4. The lowest BCUT2D eigenvalue weighted by Crippen LogP contribution is -2.40. The van der Waals surface area contributed by atoms with Crippen LogP contribution in [-0.4, -0.2) is 27.6 Å². The van der Waals surface area contributed by atoms with Crippen LogP contribution in [-0.2, 0) is 19.5 Å². The number of rotatable bonds is 7. The summed E-state index contributed by atoms with van der Waals surface area (Å²) in [5, 5.41) is 0. The number of aromatic nitrogens is 2. The SMILES string of the molecule is Cc1nc2c(c(=O)n1C(c1ccccc1)c1ccccc1)CN(Cc1ccc(OC(F)F)cc1)CC2. The molecule has 4 aromatic rings. The first-order valence-corrected chi connectivity index (χ1v) is 12.0. The molecule has 0 saturated heterocycles. The molecular formula is C29H27F2N3O2. The number of nitrogens with zero attached hydrogens (tertiary/aromatic N) is 3. The van der Waals surface area contributed by atoms with Crippen LogP contribution in [0.15, 0.2) is 89.7 Å². The van der Waals surface area contributed by atoms with E-state index in [-0.39, 0.29) is 17.4 Å². The summed E-state index contributed by atoms with van der Waals surface area (Å²) in [6.45, 7) is 0.896. The number of hydrogen-bond acceptors (Lipinski definition) is 4. The molecule has 1 aromatic heterocycles. The van der Waals surface area contributed by atoms with Gasteiger partial charge in [0.25, 0.3) is 5.56 Å². The van der Waals surface area contributed by atoms with Gasteiger partial charge in [0.1, 0.15) is 11.6 Å². The smallest absolute Gasteiger partial charge is 0.387 e. The fourth-order valence-electron chi connectivity index (χ4n) is 4.90. The first-order chi connectivity index (χ1) is 17.5. The van der Waals surface area contributed by atoms with Crippen LogP contribution >= 0.6 is 0 Å². The van der Waals surface area contributed by atoms with Gasteiger partial charge >= 0.3 is 6.61 Å². The van der Waals surface area contributed by atoms with Gasteiger partial charge in [-0.15, -0.1) is 0 Å². The normalized spacial score (nSPS) is 13.7.